The Hall–Kier alpha value is -3.87. The molecule has 0 fully saturated rings. The van der Waals surface area contributed by atoms with E-state index < -0.39 is 11.6 Å². The summed E-state index contributed by atoms with van der Waals surface area (Å²) >= 11 is 0. The Morgan fingerprint density at radius 1 is 0.938 bits per heavy atom. The van der Waals surface area contributed by atoms with E-state index in [-0.39, 0.29) is 22.8 Å². The number of aromatic hydroxyl groups is 1. The number of para-hydroxylation sites is 2. The zero-order valence-corrected chi connectivity index (χ0v) is 18.2. The monoisotopic (exact) mass is 435 g/mol. The summed E-state index contributed by atoms with van der Waals surface area (Å²) in [5.41, 5.74) is 2.75. The van der Waals surface area contributed by atoms with Crippen LogP contribution in [-0.4, -0.2) is 21.8 Å². The maximum atomic E-state index is 15.0. The molecule has 0 aliphatic heterocycles. The van der Waals surface area contributed by atoms with E-state index in [0.717, 1.165) is 28.9 Å². The van der Waals surface area contributed by atoms with E-state index in [0.29, 0.717) is 17.3 Å². The molecule has 0 amide bonds. The van der Waals surface area contributed by atoms with Gasteiger partial charge in [0.25, 0.3) is 0 Å². The number of imidazole rings is 1. The molecule has 164 valence electrons. The Balaban J connectivity index is 2.02. The Morgan fingerprint density at radius 3 is 2.22 bits per heavy atom. The molecule has 32 heavy (non-hydrogen) atoms. The fraction of sp³-hybridized carbons (Fsp3) is 0.160. The van der Waals surface area contributed by atoms with Crippen LogP contribution in [0.15, 0.2) is 54.6 Å². The van der Waals surface area contributed by atoms with Crippen molar-refractivity contribution in [2.24, 2.45) is 0 Å². The summed E-state index contributed by atoms with van der Waals surface area (Å²) in [6.07, 6.45) is 0. The van der Waals surface area contributed by atoms with Gasteiger partial charge in [0.05, 0.1) is 24.0 Å². The summed E-state index contributed by atoms with van der Waals surface area (Å²) in [7, 11) is 1.35. The molecule has 2 N–H and O–H groups in total. The highest BCUT2D eigenvalue weighted by Crippen LogP contribution is 2.40. The average Bonchev–Trinajstić information content (AvgIpc) is 3.06. The number of phenolic OH excluding ortho intramolecular Hbond substituents is 1. The summed E-state index contributed by atoms with van der Waals surface area (Å²) in [5, 5.41) is 13.6. The predicted octanol–water partition coefficient (Wildman–Crippen LogP) is 6.20. The summed E-state index contributed by atoms with van der Waals surface area (Å²) in [5.74, 6) is -0.641. The standard InChI is InChI=1S/C25H23F2N3O2/c1-14-8-5-6-10-20(14)30-16(3)28-24(22-18(26)12-17(32-4)13-19(22)27)25(30)29-23-15(2)9-7-11-21(23)31/h5-13,29,31H,1-4H3. The molecule has 7 heteroatoms. The zero-order valence-electron chi connectivity index (χ0n) is 18.2. The lowest BCUT2D eigenvalue weighted by molar-refractivity contribution is 0.407. The lowest BCUT2D eigenvalue weighted by atomic mass is 10.1. The van der Waals surface area contributed by atoms with Gasteiger partial charge in [0.2, 0.25) is 0 Å². The zero-order chi connectivity index (χ0) is 23.0. The van der Waals surface area contributed by atoms with Crippen LogP contribution in [0.25, 0.3) is 16.9 Å². The van der Waals surface area contributed by atoms with Crippen molar-refractivity contribution in [3.63, 3.8) is 0 Å². The number of nitrogens with one attached hydrogen (secondary N) is 1. The number of hydrogen-bond donors (Lipinski definition) is 2. The van der Waals surface area contributed by atoms with Crippen LogP contribution in [0.5, 0.6) is 11.5 Å². The lowest BCUT2D eigenvalue weighted by Crippen LogP contribution is -2.06. The van der Waals surface area contributed by atoms with Gasteiger partial charge in [0.1, 0.15) is 40.5 Å². The molecule has 4 rings (SSSR count). The lowest BCUT2D eigenvalue weighted by Gasteiger charge is -2.18. The van der Waals surface area contributed by atoms with Crippen LogP contribution in [0.3, 0.4) is 0 Å². The maximum Gasteiger partial charge on any atom is 0.143 e. The maximum absolute atomic E-state index is 15.0. The van der Waals surface area contributed by atoms with Gasteiger partial charge in [-0.3, -0.25) is 4.57 Å². The van der Waals surface area contributed by atoms with Crippen molar-refractivity contribution in [2.45, 2.75) is 20.8 Å². The largest absolute Gasteiger partial charge is 0.506 e. The minimum absolute atomic E-state index is 0.0156. The number of anilines is 2. The first-order valence-electron chi connectivity index (χ1n) is 10.1. The van der Waals surface area contributed by atoms with Crippen LogP contribution < -0.4 is 10.1 Å². The summed E-state index contributed by atoms with van der Waals surface area (Å²) in [6, 6.07) is 15.0. The summed E-state index contributed by atoms with van der Waals surface area (Å²) in [6.45, 7) is 5.54. The SMILES string of the molecule is COc1cc(F)c(-c2nc(C)n(-c3ccccc3C)c2Nc2c(C)cccc2O)c(F)c1. The van der Waals surface area contributed by atoms with E-state index >= 15 is 8.78 Å². The molecule has 0 aliphatic carbocycles. The predicted molar refractivity (Wildman–Crippen MR) is 121 cm³/mol. The topological polar surface area (TPSA) is 59.3 Å². The van der Waals surface area contributed by atoms with E-state index in [4.69, 9.17) is 4.74 Å². The number of aromatic nitrogens is 2. The van der Waals surface area contributed by atoms with Crippen LogP contribution in [0.2, 0.25) is 0 Å². The van der Waals surface area contributed by atoms with Gasteiger partial charge in [-0.2, -0.15) is 0 Å². The molecule has 0 bridgehead atoms. The number of benzene rings is 3. The van der Waals surface area contributed by atoms with E-state index in [1.807, 2.05) is 44.2 Å². The number of aryl methyl sites for hydroxylation is 3. The second-order valence-electron chi connectivity index (χ2n) is 7.54. The second-order valence-corrected chi connectivity index (χ2v) is 7.54. The molecule has 1 aromatic heterocycles. The van der Waals surface area contributed by atoms with Crippen LogP contribution in [0.4, 0.5) is 20.3 Å². The molecule has 1 heterocycles. The first kappa shape index (κ1) is 21.4. The first-order valence-corrected chi connectivity index (χ1v) is 10.1. The number of phenols is 1. The molecule has 4 aromatic rings. The molecule has 0 aliphatic rings. The fourth-order valence-corrected chi connectivity index (χ4v) is 3.76. The van der Waals surface area contributed by atoms with Gasteiger partial charge in [-0.1, -0.05) is 30.3 Å². The molecule has 0 unspecified atom stereocenters. The van der Waals surface area contributed by atoms with E-state index in [9.17, 15) is 5.11 Å². The average molecular weight is 435 g/mol. The minimum Gasteiger partial charge on any atom is -0.506 e. The molecular formula is C25H23F2N3O2. The van der Waals surface area contributed by atoms with Crippen molar-refractivity contribution < 1.29 is 18.6 Å². The molecule has 0 spiro atoms. The number of nitrogens with zero attached hydrogens (tertiary/aromatic N) is 2. The smallest absolute Gasteiger partial charge is 0.143 e. The number of hydrogen-bond acceptors (Lipinski definition) is 4. The van der Waals surface area contributed by atoms with Crippen molar-refractivity contribution in [1.82, 2.24) is 9.55 Å². The van der Waals surface area contributed by atoms with Crippen LogP contribution in [0, 0.1) is 32.4 Å². The quantitative estimate of drug-likeness (QED) is 0.367. The molecular weight excluding hydrogens is 412 g/mol. The number of rotatable bonds is 5. The molecule has 0 saturated heterocycles. The fourth-order valence-electron chi connectivity index (χ4n) is 3.76. The van der Waals surface area contributed by atoms with E-state index in [2.05, 4.69) is 10.3 Å². The molecule has 5 nitrogen and oxygen atoms in total. The van der Waals surface area contributed by atoms with Gasteiger partial charge >= 0.3 is 0 Å². The van der Waals surface area contributed by atoms with Gasteiger partial charge in [-0.05, 0) is 44.0 Å². The van der Waals surface area contributed by atoms with Gasteiger partial charge in [-0.15, -0.1) is 0 Å². The highest BCUT2D eigenvalue weighted by Gasteiger charge is 2.25. The van der Waals surface area contributed by atoms with Gasteiger partial charge in [-0.25, -0.2) is 13.8 Å². The molecule has 0 saturated carbocycles. The molecule has 0 atom stereocenters. The van der Waals surface area contributed by atoms with Crippen molar-refractivity contribution in [3.05, 3.63) is 83.2 Å². The van der Waals surface area contributed by atoms with Gasteiger partial charge < -0.3 is 15.2 Å². The van der Waals surface area contributed by atoms with E-state index in [1.54, 1.807) is 23.6 Å². The number of halogens is 2. The molecule has 0 radical (unpaired) electrons. The third kappa shape index (κ3) is 3.66. The van der Waals surface area contributed by atoms with Gasteiger partial charge in [0, 0.05) is 12.1 Å². The minimum atomic E-state index is -0.798. The highest BCUT2D eigenvalue weighted by atomic mass is 19.1. The third-order valence-corrected chi connectivity index (χ3v) is 5.38. The van der Waals surface area contributed by atoms with Crippen molar-refractivity contribution >= 4 is 11.5 Å². The van der Waals surface area contributed by atoms with E-state index in [1.165, 1.54) is 7.11 Å². The Kier molecular flexibility index (Phi) is 5.57. The number of methoxy groups -OCH3 is 1. The van der Waals surface area contributed by atoms with Crippen molar-refractivity contribution in [3.8, 4) is 28.4 Å². The summed E-state index contributed by atoms with van der Waals surface area (Å²) in [4.78, 5) is 4.53. The normalized spacial score (nSPS) is 10.9. The number of ether oxygens (including phenoxy) is 1. The van der Waals surface area contributed by atoms with Crippen LogP contribution in [-0.2, 0) is 0 Å². The van der Waals surface area contributed by atoms with Crippen molar-refractivity contribution in [2.75, 3.05) is 12.4 Å². The van der Waals surface area contributed by atoms with Crippen LogP contribution in [0.1, 0.15) is 17.0 Å². The Labute approximate surface area is 184 Å². The summed E-state index contributed by atoms with van der Waals surface area (Å²) < 4.78 is 36.8. The van der Waals surface area contributed by atoms with Crippen molar-refractivity contribution in [1.29, 1.82) is 0 Å². The first-order chi connectivity index (χ1) is 15.3. The third-order valence-electron chi connectivity index (χ3n) is 5.38. The Morgan fingerprint density at radius 2 is 1.59 bits per heavy atom. The second kappa shape index (κ2) is 8.34. The Bertz CT molecular complexity index is 1270. The van der Waals surface area contributed by atoms with Gasteiger partial charge in [0.15, 0.2) is 0 Å². The van der Waals surface area contributed by atoms with Crippen LogP contribution >= 0.6 is 0 Å². The highest BCUT2D eigenvalue weighted by molar-refractivity contribution is 5.81. The molecule has 3 aromatic carbocycles.